The molecule has 1 N–H and O–H groups in total. The Balaban J connectivity index is 1.65. The first-order valence-corrected chi connectivity index (χ1v) is 8.20. The average molecular weight is 252 g/mol. The summed E-state index contributed by atoms with van der Waals surface area (Å²) in [6.07, 6.45) is 10.2. The molecular weight excluding hydrogens is 220 g/mol. The van der Waals surface area contributed by atoms with Crippen molar-refractivity contribution in [1.29, 1.82) is 0 Å². The van der Waals surface area contributed by atoms with Gasteiger partial charge >= 0.3 is 0 Å². The van der Waals surface area contributed by atoms with Crippen LogP contribution in [-0.4, -0.2) is 37.1 Å². The average Bonchev–Trinajstić information content (AvgIpc) is 2.84. The van der Waals surface area contributed by atoms with Gasteiger partial charge in [0.15, 0.2) is 0 Å². The second kappa shape index (κ2) is 7.49. The van der Waals surface area contributed by atoms with Gasteiger partial charge in [0.1, 0.15) is 0 Å². The van der Waals surface area contributed by atoms with Crippen molar-refractivity contribution in [1.82, 2.24) is 10.2 Å². The maximum Gasteiger partial charge on any atom is 0.00510 e. The van der Waals surface area contributed by atoms with E-state index < -0.39 is 0 Å². The van der Waals surface area contributed by atoms with Crippen molar-refractivity contribution < 1.29 is 0 Å². The van der Waals surface area contributed by atoms with Crippen LogP contribution in [0.4, 0.5) is 0 Å². The number of hydrogen-bond acceptors (Lipinski definition) is 2. The van der Waals surface area contributed by atoms with Gasteiger partial charge in [-0.15, -0.1) is 0 Å². The number of hydrogen-bond donors (Lipinski definition) is 1. The van der Waals surface area contributed by atoms with Crippen molar-refractivity contribution in [3.8, 4) is 0 Å². The second-order valence-corrected chi connectivity index (χ2v) is 6.80. The van der Waals surface area contributed by atoms with E-state index >= 15 is 0 Å². The molecule has 1 saturated carbocycles. The van der Waals surface area contributed by atoms with Gasteiger partial charge in [0, 0.05) is 12.6 Å². The molecular formula is C16H32N2. The van der Waals surface area contributed by atoms with Gasteiger partial charge in [-0.25, -0.2) is 0 Å². The number of rotatable bonds is 4. The molecule has 0 aromatic carbocycles. The molecule has 2 nitrogen and oxygen atoms in total. The van der Waals surface area contributed by atoms with Crippen molar-refractivity contribution >= 4 is 0 Å². The molecule has 18 heavy (non-hydrogen) atoms. The first kappa shape index (κ1) is 14.3. The molecule has 0 aromatic heterocycles. The van der Waals surface area contributed by atoms with E-state index in [0.717, 1.165) is 11.8 Å². The van der Waals surface area contributed by atoms with Crippen molar-refractivity contribution in [3.05, 3.63) is 0 Å². The highest BCUT2D eigenvalue weighted by atomic mass is 15.1. The first-order valence-electron chi connectivity index (χ1n) is 8.20. The third-order valence-corrected chi connectivity index (χ3v) is 4.82. The van der Waals surface area contributed by atoms with Crippen LogP contribution in [0.25, 0.3) is 0 Å². The summed E-state index contributed by atoms with van der Waals surface area (Å²) in [6, 6.07) is 0.699. The van der Waals surface area contributed by atoms with Crippen LogP contribution < -0.4 is 5.32 Å². The van der Waals surface area contributed by atoms with Crippen LogP contribution >= 0.6 is 0 Å². The van der Waals surface area contributed by atoms with Crippen LogP contribution in [0.1, 0.15) is 58.8 Å². The van der Waals surface area contributed by atoms with Crippen molar-refractivity contribution in [2.45, 2.75) is 64.8 Å². The van der Waals surface area contributed by atoms with E-state index in [4.69, 9.17) is 0 Å². The van der Waals surface area contributed by atoms with Crippen LogP contribution in [-0.2, 0) is 0 Å². The summed E-state index contributed by atoms with van der Waals surface area (Å²) in [5, 5.41) is 3.63. The Morgan fingerprint density at radius 2 is 1.89 bits per heavy atom. The molecule has 2 fully saturated rings. The lowest BCUT2D eigenvalue weighted by Gasteiger charge is -2.31. The summed E-state index contributed by atoms with van der Waals surface area (Å²) in [4.78, 5) is 2.72. The Hall–Kier alpha value is -0.0800. The fraction of sp³-hybridized carbons (Fsp3) is 1.00. The smallest absolute Gasteiger partial charge is 0.00510 e. The SMILES string of the molecule is CC1CNC(C)CCN(CCCC2CCCC2)C1. The molecule has 2 unspecified atom stereocenters. The van der Waals surface area contributed by atoms with E-state index in [2.05, 4.69) is 24.1 Å². The van der Waals surface area contributed by atoms with Crippen LogP contribution in [0.5, 0.6) is 0 Å². The van der Waals surface area contributed by atoms with E-state index in [1.165, 1.54) is 71.1 Å². The summed E-state index contributed by atoms with van der Waals surface area (Å²) in [5.41, 5.74) is 0. The van der Waals surface area contributed by atoms with Crippen molar-refractivity contribution in [2.24, 2.45) is 11.8 Å². The zero-order chi connectivity index (χ0) is 12.8. The molecule has 106 valence electrons. The van der Waals surface area contributed by atoms with Gasteiger partial charge in [0.25, 0.3) is 0 Å². The van der Waals surface area contributed by atoms with Gasteiger partial charge in [-0.05, 0) is 57.7 Å². The molecule has 1 saturated heterocycles. The highest BCUT2D eigenvalue weighted by Gasteiger charge is 2.18. The van der Waals surface area contributed by atoms with Crippen molar-refractivity contribution in [2.75, 3.05) is 26.2 Å². The van der Waals surface area contributed by atoms with Gasteiger partial charge < -0.3 is 10.2 Å². The maximum absolute atomic E-state index is 3.63. The molecule has 1 heterocycles. The van der Waals surface area contributed by atoms with Crippen LogP contribution in [0, 0.1) is 11.8 Å². The fourth-order valence-electron chi connectivity index (χ4n) is 3.58. The Morgan fingerprint density at radius 1 is 1.11 bits per heavy atom. The molecule has 2 heteroatoms. The highest BCUT2D eigenvalue weighted by Crippen LogP contribution is 2.28. The molecule has 0 radical (unpaired) electrons. The Bertz CT molecular complexity index is 223. The minimum Gasteiger partial charge on any atom is -0.314 e. The fourth-order valence-corrected chi connectivity index (χ4v) is 3.58. The molecule has 0 spiro atoms. The molecule has 1 aliphatic carbocycles. The minimum atomic E-state index is 0.699. The highest BCUT2D eigenvalue weighted by molar-refractivity contribution is 4.74. The summed E-state index contributed by atoms with van der Waals surface area (Å²) < 4.78 is 0. The quantitative estimate of drug-likeness (QED) is 0.826. The van der Waals surface area contributed by atoms with E-state index in [-0.39, 0.29) is 0 Å². The van der Waals surface area contributed by atoms with Gasteiger partial charge in [-0.1, -0.05) is 32.6 Å². The Kier molecular flexibility index (Phi) is 5.97. The molecule has 0 amide bonds. The molecule has 0 bridgehead atoms. The summed E-state index contributed by atoms with van der Waals surface area (Å²) in [7, 11) is 0. The Labute approximate surface area is 114 Å². The zero-order valence-electron chi connectivity index (χ0n) is 12.5. The molecule has 2 aliphatic rings. The molecule has 2 rings (SSSR count). The summed E-state index contributed by atoms with van der Waals surface area (Å²) in [5.74, 6) is 1.87. The number of nitrogens with zero attached hydrogens (tertiary/aromatic N) is 1. The van der Waals surface area contributed by atoms with Gasteiger partial charge in [-0.3, -0.25) is 0 Å². The predicted molar refractivity (Wildman–Crippen MR) is 78.9 cm³/mol. The summed E-state index contributed by atoms with van der Waals surface area (Å²) in [6.45, 7) is 9.84. The normalized spacial score (nSPS) is 32.3. The lowest BCUT2D eigenvalue weighted by atomic mass is 10.0. The topological polar surface area (TPSA) is 15.3 Å². The minimum absolute atomic E-state index is 0.699. The summed E-state index contributed by atoms with van der Waals surface area (Å²) >= 11 is 0. The van der Waals surface area contributed by atoms with Gasteiger partial charge in [0.05, 0.1) is 0 Å². The predicted octanol–water partition coefficient (Wildman–Crippen LogP) is 3.28. The molecule has 1 aliphatic heterocycles. The van der Waals surface area contributed by atoms with E-state index in [0.29, 0.717) is 6.04 Å². The zero-order valence-corrected chi connectivity index (χ0v) is 12.5. The monoisotopic (exact) mass is 252 g/mol. The van der Waals surface area contributed by atoms with Crippen LogP contribution in [0.2, 0.25) is 0 Å². The number of nitrogens with one attached hydrogen (secondary N) is 1. The van der Waals surface area contributed by atoms with Crippen LogP contribution in [0.3, 0.4) is 0 Å². The van der Waals surface area contributed by atoms with Crippen LogP contribution in [0.15, 0.2) is 0 Å². The largest absolute Gasteiger partial charge is 0.314 e. The standard InChI is InChI=1S/C16H32N2/c1-14-12-17-15(2)9-11-18(13-14)10-5-8-16-6-3-4-7-16/h14-17H,3-13H2,1-2H3. The van der Waals surface area contributed by atoms with E-state index in [1.807, 2.05) is 0 Å². The third-order valence-electron chi connectivity index (χ3n) is 4.82. The third kappa shape index (κ3) is 4.89. The van der Waals surface area contributed by atoms with E-state index in [9.17, 15) is 0 Å². The Morgan fingerprint density at radius 3 is 2.67 bits per heavy atom. The van der Waals surface area contributed by atoms with Crippen molar-refractivity contribution in [3.63, 3.8) is 0 Å². The molecule has 0 aromatic rings. The lowest BCUT2D eigenvalue weighted by Crippen LogP contribution is -2.42. The van der Waals surface area contributed by atoms with Gasteiger partial charge in [-0.2, -0.15) is 0 Å². The maximum atomic E-state index is 3.63. The van der Waals surface area contributed by atoms with Gasteiger partial charge in [0.2, 0.25) is 0 Å². The second-order valence-electron chi connectivity index (χ2n) is 6.80. The molecule has 2 atom stereocenters. The van der Waals surface area contributed by atoms with E-state index in [1.54, 1.807) is 0 Å². The first-order chi connectivity index (χ1) is 8.74. The lowest BCUT2D eigenvalue weighted by molar-refractivity contribution is 0.195.